The number of rotatable bonds is 5. The van der Waals surface area contributed by atoms with Crippen LogP contribution in [-0.2, 0) is 6.54 Å². The number of pyridine rings is 1. The van der Waals surface area contributed by atoms with Crippen LogP contribution in [0.5, 0.6) is 0 Å². The topological polar surface area (TPSA) is 74.7 Å². The molecule has 0 aliphatic rings. The van der Waals surface area contributed by atoms with Gasteiger partial charge >= 0.3 is 0 Å². The molecular formula is C11H17BrN4O. The van der Waals surface area contributed by atoms with Crippen LogP contribution >= 0.6 is 15.9 Å². The van der Waals surface area contributed by atoms with Crippen LogP contribution in [0.1, 0.15) is 19.0 Å². The Labute approximate surface area is 109 Å². The summed E-state index contributed by atoms with van der Waals surface area (Å²) < 4.78 is 0.966. The number of nitrogens with zero attached hydrogens (tertiary/aromatic N) is 3. The molecule has 0 bridgehead atoms. The molecule has 0 aliphatic carbocycles. The molecule has 1 unspecified atom stereocenters. The molecule has 0 spiro atoms. The smallest absolute Gasteiger partial charge is 0.140 e. The summed E-state index contributed by atoms with van der Waals surface area (Å²) in [6, 6.07) is 4.12. The second-order valence-electron chi connectivity index (χ2n) is 4.03. The van der Waals surface area contributed by atoms with Crippen LogP contribution < -0.4 is 5.73 Å². The molecule has 94 valence electrons. The molecule has 1 rings (SSSR count). The summed E-state index contributed by atoms with van der Waals surface area (Å²) >= 11 is 3.35. The third-order valence-corrected chi connectivity index (χ3v) is 3.05. The van der Waals surface area contributed by atoms with E-state index in [1.165, 1.54) is 0 Å². The molecule has 1 aromatic heterocycles. The summed E-state index contributed by atoms with van der Waals surface area (Å²) in [5.74, 6) is 0.244. The minimum absolute atomic E-state index is 0.191. The maximum Gasteiger partial charge on any atom is 0.140 e. The van der Waals surface area contributed by atoms with E-state index >= 15 is 0 Å². The monoisotopic (exact) mass is 300 g/mol. The Bertz CT molecular complexity index is 380. The quantitative estimate of drug-likeness (QED) is 0.376. The van der Waals surface area contributed by atoms with Crippen molar-refractivity contribution in [1.29, 1.82) is 0 Å². The zero-order valence-electron chi connectivity index (χ0n) is 9.97. The van der Waals surface area contributed by atoms with Gasteiger partial charge in [0.15, 0.2) is 0 Å². The first-order valence-electron chi connectivity index (χ1n) is 5.30. The van der Waals surface area contributed by atoms with E-state index in [4.69, 9.17) is 10.9 Å². The SMILES string of the molecule is CC(C/C(N)=N/O)N(C)Cc1ccc(Br)cn1. The first kappa shape index (κ1) is 13.9. The predicted molar refractivity (Wildman–Crippen MR) is 70.9 cm³/mol. The standard InChI is InChI=1S/C11H17BrN4O/c1-8(5-11(13)15-17)16(2)7-10-4-3-9(12)6-14-10/h3-4,6,8,17H,5,7H2,1-2H3,(H2,13,15). The fourth-order valence-corrected chi connectivity index (χ4v) is 1.65. The summed E-state index contributed by atoms with van der Waals surface area (Å²) in [7, 11) is 1.99. The first-order valence-corrected chi connectivity index (χ1v) is 6.09. The van der Waals surface area contributed by atoms with E-state index in [9.17, 15) is 0 Å². The summed E-state index contributed by atoms with van der Waals surface area (Å²) in [5, 5.41) is 11.5. The van der Waals surface area contributed by atoms with Gasteiger partial charge in [-0.05, 0) is 42.0 Å². The van der Waals surface area contributed by atoms with E-state index < -0.39 is 0 Å². The Morgan fingerprint density at radius 3 is 2.88 bits per heavy atom. The fourth-order valence-electron chi connectivity index (χ4n) is 1.41. The third kappa shape index (κ3) is 4.70. The Hall–Kier alpha value is -1.14. The Kier molecular flexibility index (Phi) is 5.37. The summed E-state index contributed by atoms with van der Waals surface area (Å²) in [4.78, 5) is 6.41. The van der Waals surface area contributed by atoms with Gasteiger partial charge in [-0.25, -0.2) is 0 Å². The van der Waals surface area contributed by atoms with Crippen molar-refractivity contribution >= 4 is 21.8 Å². The molecule has 17 heavy (non-hydrogen) atoms. The highest BCUT2D eigenvalue weighted by Crippen LogP contribution is 2.10. The van der Waals surface area contributed by atoms with Crippen molar-refractivity contribution < 1.29 is 5.21 Å². The summed E-state index contributed by atoms with van der Waals surface area (Å²) in [5.41, 5.74) is 6.46. The molecule has 0 saturated carbocycles. The predicted octanol–water partition coefficient (Wildman–Crippen LogP) is 1.80. The van der Waals surface area contributed by atoms with Crippen molar-refractivity contribution in [3.8, 4) is 0 Å². The van der Waals surface area contributed by atoms with Gasteiger partial charge in [-0.15, -0.1) is 0 Å². The lowest BCUT2D eigenvalue weighted by Gasteiger charge is -2.23. The summed E-state index contributed by atoms with van der Waals surface area (Å²) in [6.07, 6.45) is 2.31. The number of halogens is 1. The van der Waals surface area contributed by atoms with Crippen LogP contribution in [0.2, 0.25) is 0 Å². The maximum absolute atomic E-state index is 8.51. The van der Waals surface area contributed by atoms with Crippen molar-refractivity contribution in [1.82, 2.24) is 9.88 Å². The maximum atomic E-state index is 8.51. The Morgan fingerprint density at radius 1 is 1.65 bits per heavy atom. The van der Waals surface area contributed by atoms with Gasteiger partial charge in [0, 0.05) is 29.7 Å². The van der Waals surface area contributed by atoms with Crippen LogP contribution in [0, 0.1) is 0 Å². The number of hydrogen-bond acceptors (Lipinski definition) is 4. The highest BCUT2D eigenvalue weighted by molar-refractivity contribution is 9.10. The minimum atomic E-state index is 0.191. The number of hydrogen-bond donors (Lipinski definition) is 2. The molecule has 0 aliphatic heterocycles. The molecule has 0 saturated heterocycles. The second kappa shape index (κ2) is 6.56. The molecule has 3 N–H and O–H groups in total. The zero-order chi connectivity index (χ0) is 12.8. The molecule has 1 heterocycles. The lowest BCUT2D eigenvalue weighted by molar-refractivity contribution is 0.248. The first-order chi connectivity index (χ1) is 8.02. The van der Waals surface area contributed by atoms with E-state index in [0.717, 1.165) is 16.7 Å². The highest BCUT2D eigenvalue weighted by Gasteiger charge is 2.12. The van der Waals surface area contributed by atoms with Gasteiger partial charge in [-0.3, -0.25) is 9.88 Å². The molecule has 6 heteroatoms. The molecule has 1 aromatic rings. The van der Waals surface area contributed by atoms with Gasteiger partial charge in [0.25, 0.3) is 0 Å². The molecule has 5 nitrogen and oxygen atoms in total. The van der Waals surface area contributed by atoms with Crippen LogP contribution in [0.4, 0.5) is 0 Å². The van der Waals surface area contributed by atoms with Gasteiger partial charge in [-0.1, -0.05) is 5.16 Å². The van der Waals surface area contributed by atoms with Crippen molar-refractivity contribution in [3.05, 3.63) is 28.5 Å². The van der Waals surface area contributed by atoms with Gasteiger partial charge < -0.3 is 10.9 Å². The number of aromatic nitrogens is 1. The van der Waals surface area contributed by atoms with E-state index in [-0.39, 0.29) is 11.9 Å². The molecular weight excluding hydrogens is 284 g/mol. The average molecular weight is 301 g/mol. The van der Waals surface area contributed by atoms with E-state index in [1.807, 2.05) is 26.1 Å². The van der Waals surface area contributed by atoms with Crippen molar-refractivity contribution in [2.45, 2.75) is 25.9 Å². The van der Waals surface area contributed by atoms with Crippen molar-refractivity contribution in [2.24, 2.45) is 10.9 Å². The van der Waals surface area contributed by atoms with E-state index in [1.54, 1.807) is 6.20 Å². The number of oxime groups is 1. The van der Waals surface area contributed by atoms with Gasteiger partial charge in [0.05, 0.1) is 5.69 Å². The van der Waals surface area contributed by atoms with E-state index in [2.05, 4.69) is 31.0 Å². The van der Waals surface area contributed by atoms with E-state index in [0.29, 0.717) is 6.42 Å². The Balaban J connectivity index is 2.53. The zero-order valence-corrected chi connectivity index (χ0v) is 11.6. The number of amidine groups is 1. The number of nitrogens with two attached hydrogens (primary N) is 1. The van der Waals surface area contributed by atoms with Crippen LogP contribution in [-0.4, -0.2) is 34.0 Å². The summed E-state index contributed by atoms with van der Waals surface area (Å²) in [6.45, 7) is 2.75. The molecule has 0 aromatic carbocycles. The van der Waals surface area contributed by atoms with Gasteiger partial charge in [0.2, 0.25) is 0 Å². The molecule has 0 fully saturated rings. The van der Waals surface area contributed by atoms with Crippen LogP contribution in [0.3, 0.4) is 0 Å². The molecule has 0 radical (unpaired) electrons. The lowest BCUT2D eigenvalue weighted by atomic mass is 10.2. The van der Waals surface area contributed by atoms with Gasteiger partial charge in [0.1, 0.15) is 5.84 Å². The average Bonchev–Trinajstić information content (AvgIpc) is 2.31. The fraction of sp³-hybridized carbons (Fsp3) is 0.455. The lowest BCUT2D eigenvalue weighted by Crippen LogP contribution is -2.33. The van der Waals surface area contributed by atoms with Crippen molar-refractivity contribution in [2.75, 3.05) is 7.05 Å². The second-order valence-corrected chi connectivity index (χ2v) is 4.94. The van der Waals surface area contributed by atoms with Crippen LogP contribution in [0.15, 0.2) is 28.0 Å². The molecule has 0 amide bonds. The Morgan fingerprint density at radius 2 is 2.35 bits per heavy atom. The third-order valence-electron chi connectivity index (χ3n) is 2.59. The minimum Gasteiger partial charge on any atom is -0.409 e. The van der Waals surface area contributed by atoms with Gasteiger partial charge in [-0.2, -0.15) is 0 Å². The highest BCUT2D eigenvalue weighted by atomic mass is 79.9. The largest absolute Gasteiger partial charge is 0.409 e. The van der Waals surface area contributed by atoms with Crippen molar-refractivity contribution in [3.63, 3.8) is 0 Å². The molecule has 1 atom stereocenters. The van der Waals surface area contributed by atoms with Crippen LogP contribution in [0.25, 0.3) is 0 Å². The normalized spacial score (nSPS) is 14.0.